The quantitative estimate of drug-likeness (QED) is 0.325. The van der Waals surface area contributed by atoms with E-state index in [0.29, 0.717) is 35.5 Å². The first-order chi connectivity index (χ1) is 12.7. The summed E-state index contributed by atoms with van der Waals surface area (Å²) in [7, 11) is 0. The SMILES string of the molecule is Cc1cc(-c2cc(C(F)(F)F)cc(/C(N)=N/O)c2N2CCCC2)ccc1O. The lowest BCUT2D eigenvalue weighted by molar-refractivity contribution is -0.137. The molecule has 2 aromatic carbocycles. The van der Waals surface area contributed by atoms with Crippen molar-refractivity contribution in [1.29, 1.82) is 0 Å². The third-order valence-electron chi connectivity index (χ3n) is 4.75. The maximum atomic E-state index is 13.5. The molecule has 0 unspecified atom stereocenters. The Kier molecular flexibility index (Phi) is 4.91. The van der Waals surface area contributed by atoms with Gasteiger partial charge < -0.3 is 20.9 Å². The predicted octanol–water partition coefficient (Wildman–Crippen LogP) is 4.08. The number of oxime groups is 1. The standard InChI is InChI=1S/C19H20F3N3O2/c1-11-8-12(4-5-16(11)26)14-9-13(19(20,21)22)10-15(18(23)24-27)17(14)25-6-2-3-7-25/h4-5,8-10,26-27H,2-3,6-7H2,1H3,(H2,23,24). The summed E-state index contributed by atoms with van der Waals surface area (Å²) in [5.41, 5.74) is 6.79. The third kappa shape index (κ3) is 3.65. The molecular formula is C19H20F3N3O2. The van der Waals surface area contributed by atoms with E-state index in [-0.39, 0.29) is 17.1 Å². The highest BCUT2D eigenvalue weighted by Crippen LogP contribution is 2.42. The summed E-state index contributed by atoms with van der Waals surface area (Å²) in [6.07, 6.45) is -2.77. The fraction of sp³-hybridized carbons (Fsp3) is 0.316. The van der Waals surface area contributed by atoms with E-state index in [2.05, 4.69) is 5.16 Å². The molecule has 27 heavy (non-hydrogen) atoms. The Bertz CT molecular complexity index is 888. The highest BCUT2D eigenvalue weighted by Gasteiger charge is 2.34. The molecule has 4 N–H and O–H groups in total. The summed E-state index contributed by atoms with van der Waals surface area (Å²) < 4.78 is 40.5. The molecule has 2 aromatic rings. The van der Waals surface area contributed by atoms with Gasteiger partial charge in [0.2, 0.25) is 0 Å². The second-order valence-corrected chi connectivity index (χ2v) is 6.60. The molecule has 0 spiro atoms. The molecule has 1 fully saturated rings. The van der Waals surface area contributed by atoms with Gasteiger partial charge in [0, 0.05) is 24.2 Å². The molecule has 0 amide bonds. The van der Waals surface area contributed by atoms with Gasteiger partial charge in [-0.1, -0.05) is 11.2 Å². The first-order valence-corrected chi connectivity index (χ1v) is 8.50. The second-order valence-electron chi connectivity index (χ2n) is 6.60. The highest BCUT2D eigenvalue weighted by atomic mass is 19.4. The first-order valence-electron chi connectivity index (χ1n) is 8.50. The van der Waals surface area contributed by atoms with Crippen LogP contribution in [0.3, 0.4) is 0 Å². The number of rotatable bonds is 3. The number of anilines is 1. The van der Waals surface area contributed by atoms with Gasteiger partial charge in [-0.2, -0.15) is 13.2 Å². The van der Waals surface area contributed by atoms with Crippen molar-refractivity contribution >= 4 is 11.5 Å². The lowest BCUT2D eigenvalue weighted by Gasteiger charge is -2.26. The smallest absolute Gasteiger partial charge is 0.416 e. The molecule has 0 saturated carbocycles. The molecule has 5 nitrogen and oxygen atoms in total. The maximum absolute atomic E-state index is 13.5. The zero-order chi connectivity index (χ0) is 19.8. The van der Waals surface area contributed by atoms with Crippen LogP contribution in [0.15, 0.2) is 35.5 Å². The van der Waals surface area contributed by atoms with Gasteiger partial charge in [0.25, 0.3) is 0 Å². The van der Waals surface area contributed by atoms with Crippen molar-refractivity contribution in [2.45, 2.75) is 25.9 Å². The van der Waals surface area contributed by atoms with E-state index in [1.807, 2.05) is 4.90 Å². The van der Waals surface area contributed by atoms with Gasteiger partial charge in [0.1, 0.15) is 5.75 Å². The highest BCUT2D eigenvalue weighted by molar-refractivity contribution is 6.06. The number of nitrogens with zero attached hydrogens (tertiary/aromatic N) is 2. The van der Waals surface area contributed by atoms with Crippen LogP contribution in [0.1, 0.15) is 29.5 Å². The summed E-state index contributed by atoms with van der Waals surface area (Å²) in [6.45, 7) is 3.01. The molecule has 8 heteroatoms. The number of aromatic hydroxyl groups is 1. The van der Waals surface area contributed by atoms with Crippen molar-refractivity contribution in [3.8, 4) is 16.9 Å². The van der Waals surface area contributed by atoms with Gasteiger partial charge in [0.05, 0.1) is 11.3 Å². The van der Waals surface area contributed by atoms with Crippen LogP contribution in [-0.4, -0.2) is 29.2 Å². The Balaban J connectivity index is 2.34. The van der Waals surface area contributed by atoms with E-state index in [9.17, 15) is 18.3 Å². The number of halogens is 3. The fourth-order valence-electron chi connectivity index (χ4n) is 3.37. The van der Waals surface area contributed by atoms with Crippen LogP contribution < -0.4 is 10.6 Å². The number of hydrogen-bond acceptors (Lipinski definition) is 4. The number of phenolic OH excluding ortho intramolecular Hbond substituents is 1. The largest absolute Gasteiger partial charge is 0.508 e. The molecule has 144 valence electrons. The van der Waals surface area contributed by atoms with Crippen LogP contribution in [0.5, 0.6) is 5.75 Å². The summed E-state index contributed by atoms with van der Waals surface area (Å²) >= 11 is 0. The van der Waals surface area contributed by atoms with Crippen LogP contribution in [-0.2, 0) is 6.18 Å². The molecule has 0 radical (unpaired) electrons. The van der Waals surface area contributed by atoms with Gasteiger partial charge in [0.15, 0.2) is 5.84 Å². The van der Waals surface area contributed by atoms with E-state index in [4.69, 9.17) is 10.9 Å². The summed E-state index contributed by atoms with van der Waals surface area (Å²) in [6, 6.07) is 6.63. The number of amidine groups is 1. The minimum absolute atomic E-state index is 0.0370. The van der Waals surface area contributed by atoms with Gasteiger partial charge in [-0.05, 0) is 55.2 Å². The van der Waals surface area contributed by atoms with Crippen molar-refractivity contribution in [3.05, 3.63) is 47.0 Å². The summed E-state index contributed by atoms with van der Waals surface area (Å²) in [4.78, 5) is 1.95. The van der Waals surface area contributed by atoms with Crippen molar-refractivity contribution in [2.75, 3.05) is 18.0 Å². The molecule has 0 atom stereocenters. The molecule has 0 aliphatic carbocycles. The van der Waals surface area contributed by atoms with Crippen molar-refractivity contribution in [2.24, 2.45) is 10.9 Å². The molecule has 1 aliphatic rings. The first kappa shape index (κ1) is 18.9. The number of phenols is 1. The maximum Gasteiger partial charge on any atom is 0.416 e. The Morgan fingerprint density at radius 3 is 2.37 bits per heavy atom. The number of benzene rings is 2. The van der Waals surface area contributed by atoms with Crippen molar-refractivity contribution in [1.82, 2.24) is 0 Å². The van der Waals surface area contributed by atoms with Gasteiger partial charge in [-0.15, -0.1) is 0 Å². The molecule has 1 aliphatic heterocycles. The monoisotopic (exact) mass is 379 g/mol. The van der Waals surface area contributed by atoms with E-state index in [1.165, 1.54) is 6.07 Å². The van der Waals surface area contributed by atoms with Crippen LogP contribution in [0.25, 0.3) is 11.1 Å². The van der Waals surface area contributed by atoms with E-state index < -0.39 is 11.7 Å². The Labute approximate surface area is 154 Å². The summed E-state index contributed by atoms with van der Waals surface area (Å²) in [5, 5.41) is 21.8. The molecule has 3 rings (SSSR count). The third-order valence-corrected chi connectivity index (χ3v) is 4.75. The van der Waals surface area contributed by atoms with Crippen molar-refractivity contribution < 1.29 is 23.5 Å². The summed E-state index contributed by atoms with van der Waals surface area (Å²) in [5.74, 6) is -0.315. The van der Waals surface area contributed by atoms with Crippen LogP contribution in [0.2, 0.25) is 0 Å². The number of nitrogens with two attached hydrogens (primary N) is 1. The normalized spacial score (nSPS) is 15.4. The van der Waals surface area contributed by atoms with Crippen LogP contribution in [0.4, 0.5) is 18.9 Å². The van der Waals surface area contributed by atoms with Crippen LogP contribution >= 0.6 is 0 Å². The van der Waals surface area contributed by atoms with Crippen LogP contribution in [0, 0.1) is 6.92 Å². The van der Waals surface area contributed by atoms with Gasteiger partial charge in [-0.3, -0.25) is 0 Å². The Morgan fingerprint density at radius 1 is 1.15 bits per heavy atom. The number of alkyl halides is 3. The number of aryl methyl sites for hydroxylation is 1. The van der Waals surface area contributed by atoms with Gasteiger partial charge in [-0.25, -0.2) is 0 Å². The second kappa shape index (κ2) is 7.02. The average molecular weight is 379 g/mol. The minimum atomic E-state index is -4.59. The van der Waals surface area contributed by atoms with Gasteiger partial charge >= 0.3 is 6.18 Å². The van der Waals surface area contributed by atoms with E-state index in [0.717, 1.165) is 25.0 Å². The molecule has 1 saturated heterocycles. The Morgan fingerprint density at radius 2 is 1.81 bits per heavy atom. The topological polar surface area (TPSA) is 82.1 Å². The molecule has 0 bridgehead atoms. The average Bonchev–Trinajstić information content (AvgIpc) is 3.15. The van der Waals surface area contributed by atoms with E-state index in [1.54, 1.807) is 19.1 Å². The van der Waals surface area contributed by atoms with E-state index >= 15 is 0 Å². The molecule has 0 aromatic heterocycles. The lowest BCUT2D eigenvalue weighted by Crippen LogP contribution is -2.25. The fourth-order valence-corrected chi connectivity index (χ4v) is 3.37. The molecular weight excluding hydrogens is 359 g/mol. The Hall–Kier alpha value is -2.90. The molecule has 1 heterocycles. The predicted molar refractivity (Wildman–Crippen MR) is 97.2 cm³/mol. The number of hydrogen-bond donors (Lipinski definition) is 3. The minimum Gasteiger partial charge on any atom is -0.508 e. The zero-order valence-corrected chi connectivity index (χ0v) is 14.7. The lowest BCUT2D eigenvalue weighted by atomic mass is 9.94. The van der Waals surface area contributed by atoms with Crippen molar-refractivity contribution in [3.63, 3.8) is 0 Å². The zero-order valence-electron chi connectivity index (χ0n) is 14.7.